The van der Waals surface area contributed by atoms with Crippen molar-refractivity contribution in [3.05, 3.63) is 68.5 Å². The van der Waals surface area contributed by atoms with Gasteiger partial charge in [-0.05, 0) is 94.6 Å². The Morgan fingerprint density at radius 2 is 1.44 bits per heavy atom. The van der Waals surface area contributed by atoms with Gasteiger partial charge in [0, 0.05) is 67.8 Å². The molecule has 4 aliphatic heterocycles. The Morgan fingerprint density at radius 1 is 0.774 bits per heavy atom. The van der Waals surface area contributed by atoms with Gasteiger partial charge in [0.1, 0.15) is 29.6 Å². The molecule has 9 aliphatic rings. The molecule has 5 aliphatic carbocycles. The van der Waals surface area contributed by atoms with E-state index in [-0.39, 0.29) is 74.4 Å². The van der Waals surface area contributed by atoms with Crippen LogP contribution in [0.1, 0.15) is 128 Å². The number of hydrogen-bond acceptors (Lipinski definition) is 20. The number of allylic oxidation sites excluding steroid dienone is 3. The molecule has 6 N–H and O–H groups in total. The Balaban J connectivity index is 1.01. The lowest BCUT2D eigenvalue weighted by Gasteiger charge is -2.56. The zero-order valence-electron chi connectivity index (χ0n) is 50.9. The molecule has 1 amide bonds. The van der Waals surface area contributed by atoms with Crippen LogP contribution in [0.25, 0.3) is 0 Å². The average Bonchev–Trinajstić information content (AvgIpc) is 2.80. The zero-order chi connectivity index (χ0) is 61.2. The molecule has 2 saturated carbocycles. The molecule has 470 valence electrons. The van der Waals surface area contributed by atoms with Crippen LogP contribution >= 0.6 is 0 Å². The van der Waals surface area contributed by atoms with Gasteiger partial charge in [0.25, 0.3) is 0 Å². The normalized spacial score (nSPS) is 49.3. The lowest BCUT2D eigenvalue weighted by Crippen LogP contribution is -2.65. The van der Waals surface area contributed by atoms with Gasteiger partial charge in [-0.25, -0.2) is 9.59 Å². The number of ether oxygens (including phenoxy) is 10. The van der Waals surface area contributed by atoms with E-state index in [0.29, 0.717) is 30.4 Å². The van der Waals surface area contributed by atoms with Crippen LogP contribution in [0.3, 0.4) is 0 Å². The van der Waals surface area contributed by atoms with Crippen LogP contribution in [-0.2, 0) is 57.0 Å². The van der Waals surface area contributed by atoms with Crippen molar-refractivity contribution in [1.82, 2.24) is 5.32 Å². The highest BCUT2D eigenvalue weighted by Crippen LogP contribution is 2.61. The summed E-state index contributed by atoms with van der Waals surface area (Å²) in [7, 11) is 2.75. The van der Waals surface area contributed by atoms with E-state index in [9.17, 15) is 45.2 Å². The average molecular weight is 1190 g/mol. The second-order valence-electron chi connectivity index (χ2n) is 26.5. The quantitative estimate of drug-likeness (QED) is 0.0414. The fourth-order valence-corrected chi connectivity index (χ4v) is 16.4. The molecule has 22 heteroatoms. The lowest BCUT2D eigenvalue weighted by molar-refractivity contribution is -0.584. The number of carbonyl (C=O) groups excluding carboxylic acids is 3. The SMILES string of the molecule is COC(=O)N[C@H]1[C@@H](C)O[C@@H](O[C@H]2C/C=C(\C)[C@@H]3C=C[C@@H]4[C@@H](O[C@@H]5C[C@@H](O[C@@H]6C[C@@H](O)[C@@H](O[C@H]7C[C@@H](C)[C@H](OC)[C@H](O)C7)[C@H](C)O6)[C@@H](O)[C@H](C)O5)[C@@H](C)C[C@H](C)[C@H]4[C@]3(C)/C(O)=C3\C(=O)O[C@]4(C[C@@H](C)C(CO)=C[C@H]4/C=C/2C)C3=O)C[C@]1(C)[N+](=O)[O-]. The molecule has 6 fully saturated rings. The number of nitrogens with zero attached hydrogens (tertiary/aromatic N) is 1. The van der Waals surface area contributed by atoms with Gasteiger partial charge in [0.2, 0.25) is 11.3 Å². The second-order valence-corrected chi connectivity index (χ2v) is 26.5. The molecule has 0 unspecified atom stereocenters. The number of fused-ring (bicyclic) bond motifs is 4. The third kappa shape index (κ3) is 11.9. The summed E-state index contributed by atoms with van der Waals surface area (Å²) in [6.07, 6.45) is -0.840. The number of Topliss-reactive ketones (excluding diaryl/α,β-unsaturated/α-hetero) is 1. The fraction of sp³-hybridized carbons (Fsp3) is 0.790. The lowest BCUT2D eigenvalue weighted by atomic mass is 9.49. The number of alkyl carbamates (subject to hydrolysis) is 1. The van der Waals surface area contributed by atoms with Gasteiger partial charge in [0.15, 0.2) is 24.5 Å². The number of nitro groups is 1. The number of rotatable bonds is 12. The van der Waals surface area contributed by atoms with Crippen molar-refractivity contribution in [3.63, 3.8) is 0 Å². The first-order chi connectivity index (χ1) is 39.6. The Labute approximate surface area is 492 Å². The summed E-state index contributed by atoms with van der Waals surface area (Å²) in [5, 5.41) is 73.1. The molecule has 84 heavy (non-hydrogen) atoms. The van der Waals surface area contributed by atoms with Crippen molar-refractivity contribution in [3.8, 4) is 0 Å². The Hall–Kier alpha value is -4.17. The molecule has 27 atom stereocenters. The first kappa shape index (κ1) is 64.3. The van der Waals surface area contributed by atoms with Crippen molar-refractivity contribution in [2.75, 3.05) is 20.8 Å². The molecule has 9 rings (SSSR count). The largest absolute Gasteiger partial charge is 0.511 e. The number of nitrogens with one attached hydrogen (secondary N) is 1. The first-order valence-corrected chi connectivity index (χ1v) is 30.3. The van der Waals surface area contributed by atoms with E-state index in [1.54, 1.807) is 47.0 Å². The van der Waals surface area contributed by atoms with Gasteiger partial charge < -0.3 is 78.2 Å². The van der Waals surface area contributed by atoms with Crippen LogP contribution in [-0.4, -0.2) is 178 Å². The molecular weight excluding hydrogens is 1090 g/mol. The number of hydrogen-bond donors (Lipinski definition) is 6. The number of aliphatic hydroxyl groups excluding tert-OH is 5. The summed E-state index contributed by atoms with van der Waals surface area (Å²) in [6, 6.07) is -1.08. The van der Waals surface area contributed by atoms with Gasteiger partial charge in [-0.2, -0.15) is 0 Å². The Bertz CT molecular complexity index is 2600. The van der Waals surface area contributed by atoms with Crippen molar-refractivity contribution < 1.29 is 92.2 Å². The van der Waals surface area contributed by atoms with Gasteiger partial charge in [-0.15, -0.1) is 0 Å². The Kier molecular flexibility index (Phi) is 19.2. The summed E-state index contributed by atoms with van der Waals surface area (Å²) in [6.45, 7) is 19.9. The van der Waals surface area contributed by atoms with E-state index in [2.05, 4.69) is 25.2 Å². The molecule has 4 saturated heterocycles. The standard InChI is InChI=1S/C62H92N2O20/c1-28-14-17-44(81-48-26-60(10,64(73)74)55(36(9)79-48)63-59(72)76-13)29(2)19-38-21-37(27-65)33(6)25-62(38)57(70)49(58(71)84-62)56(69)61(11)41(28)16-15-40-50(61)30(3)18-31(4)52(40)83-47-24-45(51(68)34(7)77-47)82-46-23-43(67)54(35(8)78-46)80-39-20-32(5)53(75-12)42(66)22-39/h14-16,19,21,30-36,38-48,50-55,65-69H,17-18,20,22-27H2,1-13H3,(H,63,72)/b28-14+,29-19+,56-49+/t30-,31-,32+,33+,34-,35-,36+,38+,39-,40-,41-,42+,43+,44-,45+,46+,47+,48-,50+,51-,52-,53-,54-,55-,60-,61+,62-/m0/s1. The Morgan fingerprint density at radius 3 is 2.10 bits per heavy atom. The van der Waals surface area contributed by atoms with E-state index in [1.807, 2.05) is 39.8 Å². The van der Waals surface area contributed by atoms with Gasteiger partial charge in [-0.3, -0.25) is 14.9 Å². The number of carbonyl (C=O) groups is 3. The van der Waals surface area contributed by atoms with E-state index in [1.165, 1.54) is 14.0 Å². The van der Waals surface area contributed by atoms with Gasteiger partial charge in [0.05, 0.1) is 81.2 Å². The van der Waals surface area contributed by atoms with Crippen molar-refractivity contribution in [2.45, 2.75) is 237 Å². The predicted octanol–water partition coefficient (Wildman–Crippen LogP) is 6.24. The highest BCUT2D eigenvalue weighted by Gasteiger charge is 2.64. The van der Waals surface area contributed by atoms with E-state index in [4.69, 9.17) is 47.4 Å². The maximum atomic E-state index is 15.6. The third-order valence-corrected chi connectivity index (χ3v) is 20.8. The minimum absolute atomic E-state index is 0.00910. The van der Waals surface area contributed by atoms with Crippen molar-refractivity contribution in [2.24, 2.45) is 52.8 Å². The number of ketones is 1. The molecule has 1 spiro atoms. The van der Waals surface area contributed by atoms with E-state index >= 15 is 4.79 Å². The molecule has 0 aromatic carbocycles. The van der Waals surface area contributed by atoms with Gasteiger partial charge in [-0.1, -0.05) is 70.6 Å². The third-order valence-electron chi connectivity index (χ3n) is 20.8. The number of amides is 1. The summed E-state index contributed by atoms with van der Waals surface area (Å²) in [5.41, 5.74) is -3.34. The molecule has 4 heterocycles. The van der Waals surface area contributed by atoms with E-state index in [0.717, 1.165) is 5.57 Å². The van der Waals surface area contributed by atoms with Crippen LogP contribution in [0.15, 0.2) is 58.4 Å². The molecular formula is C62H92N2O20. The number of aliphatic hydroxyl groups is 5. The molecule has 2 bridgehead atoms. The first-order valence-electron chi connectivity index (χ1n) is 30.3. The topological polar surface area (TPSA) is 300 Å². The second kappa shape index (κ2) is 25.1. The zero-order valence-corrected chi connectivity index (χ0v) is 50.9. The highest BCUT2D eigenvalue weighted by atomic mass is 16.7. The number of esters is 1. The maximum absolute atomic E-state index is 15.6. The van der Waals surface area contributed by atoms with Crippen LogP contribution < -0.4 is 5.32 Å². The van der Waals surface area contributed by atoms with Crippen LogP contribution in [0, 0.1) is 62.9 Å². The maximum Gasteiger partial charge on any atom is 0.407 e. The van der Waals surface area contributed by atoms with Crippen LogP contribution in [0.5, 0.6) is 0 Å². The molecule has 0 radical (unpaired) electrons. The summed E-state index contributed by atoms with van der Waals surface area (Å²) >= 11 is 0. The van der Waals surface area contributed by atoms with Crippen LogP contribution in [0.4, 0.5) is 4.79 Å². The monoisotopic (exact) mass is 1180 g/mol. The van der Waals surface area contributed by atoms with E-state index < -0.39 is 160 Å². The van der Waals surface area contributed by atoms with Crippen molar-refractivity contribution >= 4 is 17.8 Å². The molecule has 0 aromatic rings. The smallest absolute Gasteiger partial charge is 0.407 e. The summed E-state index contributed by atoms with van der Waals surface area (Å²) in [4.78, 5) is 55.1. The number of methoxy groups -OCH3 is 2. The highest BCUT2D eigenvalue weighted by molar-refractivity contribution is 6.26. The van der Waals surface area contributed by atoms with Crippen molar-refractivity contribution in [1.29, 1.82) is 0 Å². The summed E-state index contributed by atoms with van der Waals surface area (Å²) in [5.74, 6) is -4.98. The molecule has 22 nitrogen and oxygen atoms in total. The van der Waals surface area contributed by atoms with Crippen LogP contribution in [0.2, 0.25) is 0 Å². The fourth-order valence-electron chi connectivity index (χ4n) is 16.4. The summed E-state index contributed by atoms with van der Waals surface area (Å²) < 4.78 is 62.5. The minimum atomic E-state index is -1.82. The predicted molar refractivity (Wildman–Crippen MR) is 301 cm³/mol. The minimum Gasteiger partial charge on any atom is -0.511 e. The van der Waals surface area contributed by atoms with Gasteiger partial charge >= 0.3 is 12.1 Å². The molecule has 0 aromatic heterocycles.